The highest BCUT2D eigenvalue weighted by Crippen LogP contribution is 1.85. The molecule has 66 valence electrons. The van der Waals surface area contributed by atoms with E-state index < -0.39 is 12.1 Å². The Morgan fingerprint density at radius 1 is 1.73 bits per heavy atom. The summed E-state index contributed by atoms with van der Waals surface area (Å²) in [6.07, 6.45) is 0.106. The molecule has 0 saturated carbocycles. The number of hydrogen-bond acceptors (Lipinski definition) is 3. The summed E-state index contributed by atoms with van der Waals surface area (Å²) < 4.78 is 0. The second-order valence-corrected chi connectivity index (χ2v) is 2.61. The number of rotatable bonds is 4. The van der Waals surface area contributed by atoms with Gasteiger partial charge in [0.2, 0.25) is 5.91 Å². The van der Waals surface area contributed by atoms with Crippen LogP contribution >= 0.6 is 0 Å². The second-order valence-electron chi connectivity index (χ2n) is 2.61. The first-order valence-electron chi connectivity index (χ1n) is 3.79. The minimum Gasteiger partial charge on any atom is -0.392 e. The molecule has 0 fully saturated rings. The molecule has 0 aliphatic carbocycles. The lowest BCUT2D eigenvalue weighted by molar-refractivity contribution is -0.122. The Bertz CT molecular complexity index is 126. The monoisotopic (exact) mass is 160 g/mol. The van der Waals surface area contributed by atoms with Gasteiger partial charge in [-0.3, -0.25) is 4.79 Å². The van der Waals surface area contributed by atoms with E-state index in [0.717, 1.165) is 0 Å². The summed E-state index contributed by atoms with van der Waals surface area (Å²) >= 11 is 0. The quantitative estimate of drug-likeness (QED) is 0.505. The Labute approximate surface area is 66.8 Å². The summed E-state index contributed by atoms with van der Waals surface area (Å²) in [6.45, 7) is 3.72. The highest BCUT2D eigenvalue weighted by Gasteiger charge is 2.10. The van der Waals surface area contributed by atoms with E-state index in [1.165, 1.54) is 0 Å². The molecule has 0 bridgehead atoms. The van der Waals surface area contributed by atoms with Crippen LogP contribution in [0.4, 0.5) is 0 Å². The van der Waals surface area contributed by atoms with Gasteiger partial charge in [0, 0.05) is 6.54 Å². The average Bonchev–Trinajstić information content (AvgIpc) is 1.98. The molecule has 1 amide bonds. The Kier molecular flexibility index (Phi) is 4.81. The van der Waals surface area contributed by atoms with E-state index in [2.05, 4.69) is 5.32 Å². The predicted molar refractivity (Wildman–Crippen MR) is 43.0 cm³/mol. The van der Waals surface area contributed by atoms with Crippen LogP contribution in [-0.4, -0.2) is 29.7 Å². The van der Waals surface area contributed by atoms with Gasteiger partial charge in [0.1, 0.15) is 0 Å². The molecular weight excluding hydrogens is 144 g/mol. The van der Waals surface area contributed by atoms with E-state index in [0.29, 0.717) is 6.42 Å². The molecule has 0 spiro atoms. The van der Waals surface area contributed by atoms with Crippen LogP contribution in [-0.2, 0) is 4.79 Å². The van der Waals surface area contributed by atoms with Crippen molar-refractivity contribution in [3.8, 4) is 0 Å². The Balaban J connectivity index is 3.52. The molecule has 0 aromatic heterocycles. The van der Waals surface area contributed by atoms with E-state index in [1.54, 1.807) is 6.92 Å². The van der Waals surface area contributed by atoms with Crippen molar-refractivity contribution in [3.05, 3.63) is 0 Å². The number of carbonyl (C=O) groups excluding carboxylic acids is 1. The molecule has 0 aliphatic rings. The fourth-order valence-electron chi connectivity index (χ4n) is 0.565. The van der Waals surface area contributed by atoms with Gasteiger partial charge in [-0.25, -0.2) is 0 Å². The summed E-state index contributed by atoms with van der Waals surface area (Å²) in [5.41, 5.74) is 5.41. The summed E-state index contributed by atoms with van der Waals surface area (Å²) in [5, 5.41) is 11.3. The van der Waals surface area contributed by atoms with E-state index in [9.17, 15) is 4.79 Å². The van der Waals surface area contributed by atoms with E-state index >= 15 is 0 Å². The number of nitrogens with one attached hydrogen (secondary N) is 1. The third-order valence-corrected chi connectivity index (χ3v) is 1.35. The molecule has 0 saturated heterocycles. The summed E-state index contributed by atoms with van der Waals surface area (Å²) in [4.78, 5) is 10.9. The maximum atomic E-state index is 10.9. The summed E-state index contributed by atoms with van der Waals surface area (Å²) in [5.74, 6) is -0.201. The van der Waals surface area contributed by atoms with Crippen molar-refractivity contribution in [1.82, 2.24) is 5.32 Å². The van der Waals surface area contributed by atoms with Crippen LogP contribution in [0.15, 0.2) is 0 Å². The molecule has 0 heterocycles. The van der Waals surface area contributed by atoms with Crippen molar-refractivity contribution in [1.29, 1.82) is 0 Å². The highest BCUT2D eigenvalue weighted by molar-refractivity contribution is 5.81. The number of aliphatic hydroxyl groups excluding tert-OH is 1. The van der Waals surface area contributed by atoms with Crippen LogP contribution in [0.25, 0.3) is 0 Å². The van der Waals surface area contributed by atoms with Crippen LogP contribution in [0.5, 0.6) is 0 Å². The van der Waals surface area contributed by atoms with Crippen molar-refractivity contribution >= 4 is 5.91 Å². The number of hydrogen-bond donors (Lipinski definition) is 3. The number of amides is 1. The van der Waals surface area contributed by atoms with Crippen molar-refractivity contribution in [2.24, 2.45) is 5.73 Å². The zero-order chi connectivity index (χ0) is 8.85. The van der Waals surface area contributed by atoms with Crippen LogP contribution < -0.4 is 11.1 Å². The molecule has 0 rings (SSSR count). The first kappa shape index (κ1) is 10.4. The standard InChI is InChI=1S/C7H16N2O2/c1-3-6(8)7(11)9-4-5(2)10/h5-6,10H,3-4,8H2,1-2H3,(H,9,11)/t5-,6+/m1/s1. The lowest BCUT2D eigenvalue weighted by atomic mass is 10.2. The van der Waals surface area contributed by atoms with Gasteiger partial charge in [-0.15, -0.1) is 0 Å². The average molecular weight is 160 g/mol. The maximum absolute atomic E-state index is 10.9. The molecule has 4 N–H and O–H groups in total. The molecule has 0 unspecified atom stereocenters. The molecular formula is C7H16N2O2. The lowest BCUT2D eigenvalue weighted by Gasteiger charge is -2.10. The van der Waals surface area contributed by atoms with Gasteiger partial charge in [-0.1, -0.05) is 6.92 Å². The first-order valence-corrected chi connectivity index (χ1v) is 3.79. The van der Waals surface area contributed by atoms with Crippen LogP contribution in [0.2, 0.25) is 0 Å². The largest absolute Gasteiger partial charge is 0.392 e. The van der Waals surface area contributed by atoms with Crippen LogP contribution in [0.3, 0.4) is 0 Å². The minimum absolute atomic E-state index is 0.201. The molecule has 0 radical (unpaired) electrons. The zero-order valence-electron chi connectivity index (χ0n) is 7.00. The molecule has 4 nitrogen and oxygen atoms in total. The Hall–Kier alpha value is -0.610. The van der Waals surface area contributed by atoms with Gasteiger partial charge >= 0.3 is 0 Å². The van der Waals surface area contributed by atoms with Crippen molar-refractivity contribution in [3.63, 3.8) is 0 Å². The number of carbonyl (C=O) groups is 1. The van der Waals surface area contributed by atoms with Crippen molar-refractivity contribution in [2.75, 3.05) is 6.54 Å². The van der Waals surface area contributed by atoms with E-state index in [4.69, 9.17) is 10.8 Å². The normalized spacial score (nSPS) is 15.6. The summed E-state index contributed by atoms with van der Waals surface area (Å²) in [6, 6.07) is -0.450. The number of aliphatic hydroxyl groups is 1. The fraction of sp³-hybridized carbons (Fsp3) is 0.857. The van der Waals surface area contributed by atoms with Gasteiger partial charge in [0.25, 0.3) is 0 Å². The third kappa shape index (κ3) is 4.75. The molecule has 2 atom stereocenters. The van der Waals surface area contributed by atoms with E-state index in [-0.39, 0.29) is 12.5 Å². The van der Waals surface area contributed by atoms with Gasteiger partial charge in [-0.2, -0.15) is 0 Å². The SMILES string of the molecule is CC[C@H](N)C(=O)NC[C@@H](C)O. The van der Waals surface area contributed by atoms with Gasteiger partial charge in [0.15, 0.2) is 0 Å². The topological polar surface area (TPSA) is 75.4 Å². The second kappa shape index (κ2) is 5.09. The predicted octanol–water partition coefficient (Wildman–Crippen LogP) is -0.779. The fourth-order valence-corrected chi connectivity index (χ4v) is 0.565. The molecule has 4 heteroatoms. The molecule has 0 aliphatic heterocycles. The van der Waals surface area contributed by atoms with Gasteiger partial charge < -0.3 is 16.2 Å². The maximum Gasteiger partial charge on any atom is 0.236 e. The zero-order valence-corrected chi connectivity index (χ0v) is 7.00. The van der Waals surface area contributed by atoms with Crippen molar-refractivity contribution < 1.29 is 9.90 Å². The van der Waals surface area contributed by atoms with Crippen LogP contribution in [0.1, 0.15) is 20.3 Å². The van der Waals surface area contributed by atoms with Gasteiger partial charge in [0.05, 0.1) is 12.1 Å². The summed E-state index contributed by atoms with van der Waals surface area (Å²) in [7, 11) is 0. The van der Waals surface area contributed by atoms with Crippen LogP contribution in [0, 0.1) is 0 Å². The lowest BCUT2D eigenvalue weighted by Crippen LogP contribution is -2.42. The molecule has 0 aromatic rings. The van der Waals surface area contributed by atoms with E-state index in [1.807, 2.05) is 6.92 Å². The highest BCUT2D eigenvalue weighted by atomic mass is 16.3. The van der Waals surface area contributed by atoms with Gasteiger partial charge in [-0.05, 0) is 13.3 Å². The minimum atomic E-state index is -0.511. The first-order chi connectivity index (χ1) is 5.07. The molecule has 0 aromatic carbocycles. The Morgan fingerprint density at radius 3 is 2.64 bits per heavy atom. The smallest absolute Gasteiger partial charge is 0.236 e. The number of nitrogens with two attached hydrogens (primary N) is 1. The Morgan fingerprint density at radius 2 is 2.27 bits per heavy atom. The molecule has 11 heavy (non-hydrogen) atoms. The third-order valence-electron chi connectivity index (χ3n) is 1.35. The van der Waals surface area contributed by atoms with Crippen molar-refractivity contribution in [2.45, 2.75) is 32.4 Å².